The van der Waals surface area contributed by atoms with E-state index in [2.05, 4.69) is 62.3 Å². The molecule has 0 spiro atoms. The van der Waals surface area contributed by atoms with Gasteiger partial charge in [0.15, 0.2) is 17.3 Å². The van der Waals surface area contributed by atoms with E-state index in [0.29, 0.717) is 15.5 Å². The molecule has 0 aromatic heterocycles. The van der Waals surface area contributed by atoms with Crippen molar-refractivity contribution in [1.82, 2.24) is 0 Å². The minimum Gasteiger partial charge on any atom is -0.418 e. The Balaban J connectivity index is 0.000000929. The molecular weight excluding hydrogens is 1140 g/mol. The van der Waals surface area contributed by atoms with Gasteiger partial charge in [0.25, 0.3) is 0 Å². The van der Waals surface area contributed by atoms with Crippen LogP contribution in [-0.4, -0.2) is 40.1 Å². The van der Waals surface area contributed by atoms with Gasteiger partial charge in [-0.3, -0.25) is 14.4 Å². The van der Waals surface area contributed by atoms with E-state index in [1.54, 1.807) is 36.5 Å². The first-order chi connectivity index (χ1) is 33.9. The Bertz CT molecular complexity index is 2210. The van der Waals surface area contributed by atoms with Crippen LogP contribution in [0.3, 0.4) is 0 Å². The molecule has 0 atom stereocenters. The van der Waals surface area contributed by atoms with Crippen LogP contribution < -0.4 is 0 Å². The maximum absolute atomic E-state index is 11.6. The van der Waals surface area contributed by atoms with Crippen molar-refractivity contribution < 1.29 is 72.5 Å². The molecule has 0 unspecified atom stereocenters. The molecule has 0 aliphatic rings. The van der Waals surface area contributed by atoms with Crippen LogP contribution in [0.25, 0.3) is 36.5 Å². The molecule has 0 bridgehead atoms. The molecule has 0 saturated carbocycles. The molecule has 6 aromatic carbocycles. The van der Waals surface area contributed by atoms with Gasteiger partial charge in [-0.05, 0) is 132 Å². The van der Waals surface area contributed by atoms with Crippen LogP contribution in [0.4, 0.5) is 17.3 Å². The van der Waals surface area contributed by atoms with Crippen molar-refractivity contribution in [1.29, 1.82) is 0 Å². The zero-order valence-electron chi connectivity index (χ0n) is 43.7. The van der Waals surface area contributed by atoms with Gasteiger partial charge in [0.05, 0.1) is 15.5 Å². The van der Waals surface area contributed by atoms with E-state index in [4.69, 9.17) is 0 Å². The van der Waals surface area contributed by atoms with Crippen molar-refractivity contribution in [3.63, 3.8) is 0 Å². The third kappa shape index (κ3) is 34.7. The minimum absolute atomic E-state index is 0. The summed E-state index contributed by atoms with van der Waals surface area (Å²) < 4.78 is 39.0. The van der Waals surface area contributed by atoms with Gasteiger partial charge in [0.1, 0.15) is 0 Å². The monoisotopic (exact) mass is 1200 g/mol. The van der Waals surface area contributed by atoms with E-state index < -0.39 is 15.2 Å². The first-order valence-electron chi connectivity index (χ1n) is 23.7. The number of hydrogen-bond acceptors (Lipinski definition) is 3. The number of hydrogen-bond donors (Lipinski definition) is 0. The van der Waals surface area contributed by atoms with Gasteiger partial charge in [-0.15, -0.1) is 0 Å². The molecule has 396 valence electrons. The van der Waals surface area contributed by atoms with Gasteiger partial charge in [-0.25, -0.2) is 0 Å². The molecule has 0 heterocycles. The van der Waals surface area contributed by atoms with Gasteiger partial charge >= 0.3 is 7.25 Å². The van der Waals surface area contributed by atoms with Crippen molar-refractivity contribution in [2.45, 2.75) is 77.8 Å². The van der Waals surface area contributed by atoms with Gasteiger partial charge in [0.2, 0.25) is 0 Å². The number of rotatable bonds is 12. The second-order valence-corrected chi connectivity index (χ2v) is 24.5. The van der Waals surface area contributed by atoms with Crippen LogP contribution in [0.1, 0.15) is 95.7 Å². The van der Waals surface area contributed by atoms with E-state index in [-0.39, 0.29) is 58.2 Å². The first-order valence-corrected chi connectivity index (χ1v) is 25.2. The van der Waals surface area contributed by atoms with E-state index in [1.807, 2.05) is 218 Å². The Morgan fingerprint density at radius 3 is 0.527 bits per heavy atom. The Hall–Kier alpha value is -5.69. The van der Waals surface area contributed by atoms with Crippen LogP contribution in [0.5, 0.6) is 0 Å². The SMILES string of the molecule is CC(C)(C)[PH+](C(C)(C)C)C(C)(C)C.F[B-](F)(F)F.O=C(/C=C/c1ccccc1)/C=C/c1ccccc1.O=C(/C=C/c1ccccc1)/C=C/c1ccccc1.O=C(/C=C/c1ccccc1)/C=C/c1ccccc1.[Pd].[Pd]. The van der Waals surface area contributed by atoms with Crippen molar-refractivity contribution in [2.24, 2.45) is 0 Å². The summed E-state index contributed by atoms with van der Waals surface area (Å²) in [6, 6.07) is 58.7. The summed E-state index contributed by atoms with van der Waals surface area (Å²) in [5.41, 5.74) is 6.16. The number of carbonyl (C=O) groups excluding carboxylic acids is 3. The molecule has 11 heteroatoms. The van der Waals surface area contributed by atoms with E-state index in [1.165, 1.54) is 0 Å². The van der Waals surface area contributed by atoms with E-state index >= 15 is 0 Å². The van der Waals surface area contributed by atoms with Gasteiger partial charge < -0.3 is 17.3 Å². The predicted molar refractivity (Wildman–Crippen MR) is 306 cm³/mol. The maximum atomic E-state index is 11.6. The quantitative estimate of drug-likeness (QED) is 0.0531. The molecule has 0 fully saturated rings. The van der Waals surface area contributed by atoms with Crippen molar-refractivity contribution >= 4 is 69.0 Å². The second kappa shape index (κ2) is 36.3. The Morgan fingerprint density at radius 1 is 0.311 bits per heavy atom. The fourth-order valence-corrected chi connectivity index (χ4v) is 14.7. The third-order valence-corrected chi connectivity index (χ3v) is 14.2. The van der Waals surface area contributed by atoms with Crippen molar-refractivity contribution in [3.8, 4) is 0 Å². The molecule has 0 N–H and O–H groups in total. The zero-order valence-corrected chi connectivity index (χ0v) is 47.8. The van der Waals surface area contributed by atoms with Gasteiger partial charge in [-0.1, -0.05) is 218 Å². The number of carbonyl (C=O) groups is 3. The maximum Gasteiger partial charge on any atom is 0.673 e. The van der Waals surface area contributed by atoms with Crippen LogP contribution in [0, 0.1) is 0 Å². The van der Waals surface area contributed by atoms with E-state index in [9.17, 15) is 31.6 Å². The Labute approximate surface area is 468 Å². The molecule has 0 amide bonds. The minimum atomic E-state index is -6.00. The summed E-state index contributed by atoms with van der Waals surface area (Å²) in [6.45, 7) is 21.6. The van der Waals surface area contributed by atoms with Crippen molar-refractivity contribution in [3.05, 3.63) is 252 Å². The standard InChI is InChI=1S/3C17H14O.C12H27P.BF4.2Pd/c3*18-17(13-11-15-7-3-1-4-8-15)14-12-16-9-5-2-6-10-16;1-10(2,3)13(11(4,5)6)12(7,8)9;2-1(3,4)5;;/h3*1-14H;1-9H3;;;/q;;;;-1;;/p+1/b3*13-11+,14-12+;;;;. The summed E-state index contributed by atoms with van der Waals surface area (Å²) in [7, 11) is -6.39. The molecule has 0 radical (unpaired) electrons. The topological polar surface area (TPSA) is 51.2 Å². The van der Waals surface area contributed by atoms with Gasteiger partial charge in [0, 0.05) is 48.8 Å². The Morgan fingerprint density at radius 2 is 0.432 bits per heavy atom. The molecular formula is C63H70BF4O3PPd2. The molecule has 0 aliphatic carbocycles. The molecule has 0 saturated heterocycles. The average Bonchev–Trinajstić information content (AvgIpc) is 3.33. The summed E-state index contributed by atoms with van der Waals surface area (Å²) in [4.78, 5) is 34.8. The summed E-state index contributed by atoms with van der Waals surface area (Å²) in [5.74, 6) is -0.0341. The normalized spacial score (nSPS) is 11.6. The van der Waals surface area contributed by atoms with Crippen LogP contribution in [-0.2, 0) is 55.2 Å². The number of benzene rings is 6. The molecule has 6 rings (SSSR count). The molecule has 74 heavy (non-hydrogen) atoms. The zero-order chi connectivity index (χ0) is 53.5. The largest absolute Gasteiger partial charge is 0.673 e. The average molecular weight is 1210 g/mol. The first kappa shape index (κ1) is 68.3. The van der Waals surface area contributed by atoms with Crippen LogP contribution >= 0.6 is 7.92 Å². The third-order valence-electron chi connectivity index (χ3n) is 9.69. The molecule has 0 aliphatic heterocycles. The van der Waals surface area contributed by atoms with E-state index in [0.717, 1.165) is 33.4 Å². The smallest absolute Gasteiger partial charge is 0.418 e. The van der Waals surface area contributed by atoms with Crippen LogP contribution in [0.2, 0.25) is 0 Å². The Kier molecular flexibility index (Phi) is 33.5. The number of allylic oxidation sites excluding steroid dienone is 6. The fraction of sp³-hybridized carbons (Fsp3) is 0.190. The predicted octanol–water partition coefficient (Wildman–Crippen LogP) is 17.8. The fourth-order valence-electron chi connectivity index (χ4n) is 8.00. The summed E-state index contributed by atoms with van der Waals surface area (Å²) in [5, 5.41) is 1.46. The summed E-state index contributed by atoms with van der Waals surface area (Å²) >= 11 is 0. The number of ketones is 3. The second-order valence-electron chi connectivity index (χ2n) is 19.3. The van der Waals surface area contributed by atoms with Crippen LogP contribution in [0.15, 0.2) is 218 Å². The summed E-state index contributed by atoms with van der Waals surface area (Å²) in [6.07, 6.45) is 20.4. The molecule has 6 aromatic rings. The number of halogens is 4. The van der Waals surface area contributed by atoms with Crippen molar-refractivity contribution in [2.75, 3.05) is 0 Å². The molecule has 3 nitrogen and oxygen atoms in total. The van der Waals surface area contributed by atoms with Gasteiger partial charge in [-0.2, -0.15) is 0 Å².